The first kappa shape index (κ1) is 21.3. The smallest absolute Gasteiger partial charge is 0.261 e. The van der Waals surface area contributed by atoms with Crippen molar-refractivity contribution in [3.8, 4) is 0 Å². The maximum atomic E-state index is 12.3. The van der Waals surface area contributed by atoms with E-state index in [1.165, 1.54) is 24.9 Å². The van der Waals surface area contributed by atoms with Gasteiger partial charge in [-0.2, -0.15) is 4.98 Å². The average Bonchev–Trinajstić information content (AvgIpc) is 3.50. The van der Waals surface area contributed by atoms with Crippen molar-refractivity contribution < 1.29 is 18.9 Å². The third-order valence-electron chi connectivity index (χ3n) is 5.05. The number of fused-ring (bicyclic) bond motifs is 2. The van der Waals surface area contributed by atoms with Gasteiger partial charge in [-0.1, -0.05) is 29.1 Å². The molecule has 3 amide bonds. The Morgan fingerprint density at radius 2 is 1.94 bits per heavy atom. The molecule has 5 rings (SSSR count). The number of aryl methyl sites for hydroxylation is 1. The largest absolute Gasteiger partial charge is 0.339 e. The summed E-state index contributed by atoms with van der Waals surface area (Å²) in [5.74, 6) is 0.450. The number of rotatable bonds is 7. The highest BCUT2D eigenvalue weighted by molar-refractivity contribution is 8.00. The van der Waals surface area contributed by atoms with E-state index in [9.17, 15) is 14.4 Å². The minimum atomic E-state index is -0.381. The van der Waals surface area contributed by atoms with Crippen LogP contribution in [-0.2, 0) is 17.0 Å². The van der Waals surface area contributed by atoms with Crippen LogP contribution in [0.4, 0.5) is 5.69 Å². The average molecular weight is 480 g/mol. The Morgan fingerprint density at radius 3 is 2.79 bits per heavy atom. The molecule has 3 heterocycles. The van der Waals surface area contributed by atoms with Gasteiger partial charge >= 0.3 is 0 Å². The Labute approximate surface area is 196 Å². The third kappa shape index (κ3) is 4.37. The predicted octanol–water partition coefficient (Wildman–Crippen LogP) is 3.77. The number of thioether (sulfide) groups is 1. The van der Waals surface area contributed by atoms with Gasteiger partial charge in [-0.25, -0.2) is 4.98 Å². The second-order valence-corrected chi connectivity index (χ2v) is 9.57. The molecule has 0 aliphatic carbocycles. The molecule has 11 heteroatoms. The van der Waals surface area contributed by atoms with Gasteiger partial charge in [0.05, 0.1) is 27.1 Å². The fourth-order valence-electron chi connectivity index (χ4n) is 3.37. The SMILES string of the molecule is CN1C(=O)c2ccc(NC(=O)CCc3nc(CSc4nc5ccccc5s4)no3)cc2C1=O. The van der Waals surface area contributed by atoms with E-state index in [2.05, 4.69) is 20.4 Å². The number of thiazole rings is 1. The normalized spacial score (nSPS) is 13.1. The number of benzene rings is 2. The lowest BCUT2D eigenvalue weighted by Gasteiger charge is -2.05. The van der Waals surface area contributed by atoms with Crippen LogP contribution in [0.2, 0.25) is 0 Å². The molecule has 0 spiro atoms. The van der Waals surface area contributed by atoms with Crippen molar-refractivity contribution >= 4 is 56.7 Å². The molecule has 166 valence electrons. The maximum Gasteiger partial charge on any atom is 0.261 e. The number of hydrogen-bond donors (Lipinski definition) is 1. The van der Waals surface area contributed by atoms with Crippen LogP contribution in [0, 0.1) is 0 Å². The first-order chi connectivity index (χ1) is 16.0. The summed E-state index contributed by atoms with van der Waals surface area (Å²) in [6.07, 6.45) is 0.423. The summed E-state index contributed by atoms with van der Waals surface area (Å²) in [5.41, 5.74) is 2.04. The summed E-state index contributed by atoms with van der Waals surface area (Å²) in [6.45, 7) is 0. The van der Waals surface area contributed by atoms with Crippen LogP contribution >= 0.6 is 23.1 Å². The number of carbonyl (C=O) groups is 3. The molecule has 2 aromatic carbocycles. The van der Waals surface area contributed by atoms with Crippen LogP contribution in [0.25, 0.3) is 10.2 Å². The summed E-state index contributed by atoms with van der Waals surface area (Å²) >= 11 is 3.15. The second-order valence-electron chi connectivity index (χ2n) is 7.32. The number of imide groups is 1. The molecule has 1 N–H and O–H groups in total. The standard InChI is InChI=1S/C22H17N5O4S2/c1-27-20(29)13-7-6-12(10-14(13)21(27)30)23-18(28)8-9-19-25-17(26-31-19)11-32-22-24-15-4-2-3-5-16(15)33-22/h2-7,10H,8-9,11H2,1H3,(H,23,28). The predicted molar refractivity (Wildman–Crippen MR) is 123 cm³/mol. The number of nitrogens with one attached hydrogen (secondary N) is 1. The van der Waals surface area contributed by atoms with Gasteiger partial charge in [-0.3, -0.25) is 19.3 Å². The number of anilines is 1. The number of nitrogens with zero attached hydrogens (tertiary/aromatic N) is 4. The molecular weight excluding hydrogens is 462 g/mol. The topological polar surface area (TPSA) is 118 Å². The number of amides is 3. The Hall–Kier alpha value is -3.57. The van der Waals surface area contributed by atoms with Gasteiger partial charge in [0.25, 0.3) is 11.8 Å². The van der Waals surface area contributed by atoms with Crippen molar-refractivity contribution in [1.29, 1.82) is 0 Å². The molecule has 0 saturated heterocycles. The van der Waals surface area contributed by atoms with Crippen molar-refractivity contribution in [3.63, 3.8) is 0 Å². The highest BCUT2D eigenvalue weighted by atomic mass is 32.2. The van der Waals surface area contributed by atoms with Gasteiger partial charge in [0, 0.05) is 25.6 Å². The number of para-hydroxylation sites is 1. The molecule has 0 saturated carbocycles. The van der Waals surface area contributed by atoms with Gasteiger partial charge in [0.1, 0.15) is 0 Å². The van der Waals surface area contributed by atoms with Gasteiger partial charge in [0.2, 0.25) is 11.8 Å². The van der Waals surface area contributed by atoms with E-state index in [-0.39, 0.29) is 36.1 Å². The monoisotopic (exact) mass is 479 g/mol. The maximum absolute atomic E-state index is 12.3. The fourth-order valence-corrected chi connectivity index (χ4v) is 5.28. The number of aromatic nitrogens is 3. The summed E-state index contributed by atoms with van der Waals surface area (Å²) in [5, 5.41) is 6.71. The Balaban J connectivity index is 1.13. The van der Waals surface area contributed by atoms with E-state index in [1.807, 2.05) is 24.3 Å². The molecule has 4 aromatic rings. The van der Waals surface area contributed by atoms with Crippen molar-refractivity contribution in [1.82, 2.24) is 20.0 Å². The van der Waals surface area contributed by atoms with Crippen LogP contribution in [0.1, 0.15) is 38.9 Å². The van der Waals surface area contributed by atoms with Gasteiger partial charge in [-0.15, -0.1) is 11.3 Å². The van der Waals surface area contributed by atoms with Crippen molar-refractivity contribution in [2.75, 3.05) is 12.4 Å². The molecule has 0 radical (unpaired) electrons. The summed E-state index contributed by atoms with van der Waals surface area (Å²) in [4.78, 5) is 46.4. The molecule has 0 bridgehead atoms. The molecule has 1 aliphatic heterocycles. The minimum Gasteiger partial charge on any atom is -0.339 e. The van der Waals surface area contributed by atoms with Gasteiger partial charge < -0.3 is 9.84 Å². The van der Waals surface area contributed by atoms with Crippen molar-refractivity contribution in [2.24, 2.45) is 0 Å². The molecule has 2 aromatic heterocycles. The van der Waals surface area contributed by atoms with E-state index < -0.39 is 0 Å². The van der Waals surface area contributed by atoms with E-state index in [0.29, 0.717) is 28.7 Å². The second kappa shape index (κ2) is 8.75. The summed E-state index contributed by atoms with van der Waals surface area (Å²) in [6, 6.07) is 12.6. The lowest BCUT2D eigenvalue weighted by atomic mass is 10.1. The van der Waals surface area contributed by atoms with Crippen LogP contribution in [0.15, 0.2) is 51.3 Å². The zero-order valence-corrected chi connectivity index (χ0v) is 19.0. The highest BCUT2D eigenvalue weighted by Crippen LogP contribution is 2.31. The van der Waals surface area contributed by atoms with Crippen LogP contribution in [-0.4, -0.2) is 44.8 Å². The van der Waals surface area contributed by atoms with Crippen LogP contribution < -0.4 is 5.32 Å². The van der Waals surface area contributed by atoms with Gasteiger partial charge in [-0.05, 0) is 30.3 Å². The van der Waals surface area contributed by atoms with Crippen LogP contribution in [0.5, 0.6) is 0 Å². The van der Waals surface area contributed by atoms with Gasteiger partial charge in [0.15, 0.2) is 10.2 Å². The first-order valence-electron chi connectivity index (χ1n) is 10.0. The quantitative estimate of drug-likeness (QED) is 0.314. The van der Waals surface area contributed by atoms with E-state index in [0.717, 1.165) is 19.5 Å². The number of carbonyl (C=O) groups excluding carboxylic acids is 3. The molecule has 1 aliphatic rings. The van der Waals surface area contributed by atoms with Crippen molar-refractivity contribution in [2.45, 2.75) is 22.9 Å². The highest BCUT2D eigenvalue weighted by Gasteiger charge is 2.32. The lowest BCUT2D eigenvalue weighted by molar-refractivity contribution is -0.116. The van der Waals surface area contributed by atoms with E-state index >= 15 is 0 Å². The molecule has 9 nitrogen and oxygen atoms in total. The summed E-state index contributed by atoms with van der Waals surface area (Å²) < 4.78 is 7.32. The molecule has 33 heavy (non-hydrogen) atoms. The fraction of sp³-hybridized carbons (Fsp3) is 0.182. The first-order valence-corrected chi connectivity index (χ1v) is 11.8. The lowest BCUT2D eigenvalue weighted by Crippen LogP contribution is -2.24. The van der Waals surface area contributed by atoms with E-state index in [1.54, 1.807) is 23.5 Å². The zero-order valence-electron chi connectivity index (χ0n) is 17.4. The molecule has 0 unspecified atom stereocenters. The Kier molecular flexibility index (Phi) is 5.65. The molecular formula is C22H17N5O4S2. The van der Waals surface area contributed by atoms with Crippen molar-refractivity contribution in [3.05, 3.63) is 65.3 Å². The number of hydrogen-bond acceptors (Lipinski definition) is 9. The Bertz CT molecular complexity index is 1360. The van der Waals surface area contributed by atoms with E-state index in [4.69, 9.17) is 4.52 Å². The molecule has 0 atom stereocenters. The Morgan fingerprint density at radius 1 is 1.12 bits per heavy atom. The van der Waals surface area contributed by atoms with Crippen LogP contribution in [0.3, 0.4) is 0 Å². The zero-order chi connectivity index (χ0) is 22.9. The summed E-state index contributed by atoms with van der Waals surface area (Å²) in [7, 11) is 1.43. The minimum absolute atomic E-state index is 0.135. The third-order valence-corrected chi connectivity index (χ3v) is 7.22. The molecule has 0 fully saturated rings.